The highest BCUT2D eigenvalue weighted by molar-refractivity contribution is 7.13. The molecule has 0 atom stereocenters. The molecule has 80 valence electrons. The van der Waals surface area contributed by atoms with Crippen LogP contribution in [-0.2, 0) is 4.79 Å². The van der Waals surface area contributed by atoms with E-state index in [1.807, 2.05) is 0 Å². The van der Waals surface area contributed by atoms with Crippen LogP contribution < -0.4 is 0 Å². The minimum atomic E-state index is -1.05. The van der Waals surface area contributed by atoms with Crippen molar-refractivity contribution in [3.63, 3.8) is 0 Å². The van der Waals surface area contributed by atoms with Gasteiger partial charge >= 0.3 is 5.97 Å². The minimum Gasteiger partial charge on any atom is -0.476 e. The van der Waals surface area contributed by atoms with E-state index in [1.54, 1.807) is 4.90 Å². The number of likely N-dealkylation sites (tertiary alicyclic amines) is 1. The van der Waals surface area contributed by atoms with Gasteiger partial charge in [-0.25, -0.2) is 4.79 Å². The van der Waals surface area contributed by atoms with Gasteiger partial charge in [-0.05, 0) is 0 Å². The van der Waals surface area contributed by atoms with Gasteiger partial charge in [-0.15, -0.1) is 10.2 Å². The maximum atomic E-state index is 10.9. The van der Waals surface area contributed by atoms with E-state index in [9.17, 15) is 9.59 Å². The summed E-state index contributed by atoms with van der Waals surface area (Å²) in [5, 5.41) is 16.7. The number of aromatic nitrogens is 2. The Bertz CT molecular complexity index is 411. The average Bonchev–Trinajstić information content (AvgIpc) is 2.49. The summed E-state index contributed by atoms with van der Waals surface area (Å²) < 4.78 is 0. The molecule has 0 spiro atoms. The molecule has 0 radical (unpaired) electrons. The standard InChI is InChI=1S/C8H9N3O3S/c1-4(12)11-2-5(3-11)6-9-10-7(15-6)8(13)14/h5H,2-3H2,1H3,(H,13,14). The van der Waals surface area contributed by atoms with E-state index in [0.29, 0.717) is 18.1 Å². The normalized spacial score (nSPS) is 16.2. The Morgan fingerprint density at radius 2 is 2.13 bits per heavy atom. The largest absolute Gasteiger partial charge is 0.476 e. The molecule has 0 aliphatic carbocycles. The van der Waals surface area contributed by atoms with Gasteiger partial charge in [-0.1, -0.05) is 11.3 Å². The van der Waals surface area contributed by atoms with E-state index in [0.717, 1.165) is 11.3 Å². The number of carboxylic acids is 1. The van der Waals surface area contributed by atoms with E-state index in [-0.39, 0.29) is 16.8 Å². The summed E-state index contributed by atoms with van der Waals surface area (Å²) in [6, 6.07) is 0. The highest BCUT2D eigenvalue weighted by atomic mass is 32.1. The van der Waals surface area contributed by atoms with Crippen molar-refractivity contribution in [1.29, 1.82) is 0 Å². The second-order valence-corrected chi connectivity index (χ2v) is 4.38. The minimum absolute atomic E-state index is 0.00581. The van der Waals surface area contributed by atoms with Crippen LogP contribution in [-0.4, -0.2) is 45.2 Å². The molecular weight excluding hydrogens is 218 g/mol. The Kier molecular flexibility index (Phi) is 2.39. The fraction of sp³-hybridized carbons (Fsp3) is 0.500. The fourth-order valence-electron chi connectivity index (χ4n) is 1.38. The molecule has 1 fully saturated rings. The number of carboxylic acid groups (broad SMARTS) is 1. The number of aromatic carboxylic acids is 1. The molecule has 0 saturated carbocycles. The molecule has 1 saturated heterocycles. The lowest BCUT2D eigenvalue weighted by Crippen LogP contribution is -2.47. The molecular formula is C8H9N3O3S. The molecule has 0 bridgehead atoms. The van der Waals surface area contributed by atoms with Crippen molar-refractivity contribution < 1.29 is 14.7 Å². The number of rotatable bonds is 2. The number of hydrogen-bond donors (Lipinski definition) is 1. The number of carbonyl (C=O) groups excluding carboxylic acids is 1. The molecule has 1 aromatic rings. The zero-order chi connectivity index (χ0) is 11.0. The molecule has 0 unspecified atom stereocenters. The molecule has 1 aliphatic heterocycles. The monoisotopic (exact) mass is 227 g/mol. The van der Waals surface area contributed by atoms with Crippen molar-refractivity contribution in [2.24, 2.45) is 0 Å². The summed E-state index contributed by atoms with van der Waals surface area (Å²) in [5.41, 5.74) is 0. The first-order valence-corrected chi connectivity index (χ1v) is 5.22. The average molecular weight is 227 g/mol. The van der Waals surface area contributed by atoms with Gasteiger partial charge in [0.25, 0.3) is 0 Å². The zero-order valence-electron chi connectivity index (χ0n) is 8.01. The van der Waals surface area contributed by atoms with Crippen LogP contribution in [0.25, 0.3) is 0 Å². The van der Waals surface area contributed by atoms with Crippen LogP contribution in [0.4, 0.5) is 0 Å². The second kappa shape index (κ2) is 3.58. The summed E-state index contributed by atoms with van der Waals surface area (Å²) in [6.07, 6.45) is 0. The Labute approximate surface area is 89.5 Å². The third-order valence-corrected chi connectivity index (χ3v) is 3.37. The first-order valence-electron chi connectivity index (χ1n) is 4.40. The molecule has 0 aromatic carbocycles. The van der Waals surface area contributed by atoms with Gasteiger partial charge in [0.15, 0.2) is 0 Å². The molecule has 7 heteroatoms. The maximum Gasteiger partial charge on any atom is 0.367 e. The number of nitrogens with zero attached hydrogens (tertiary/aromatic N) is 3. The lowest BCUT2D eigenvalue weighted by Gasteiger charge is -2.37. The molecule has 2 heterocycles. The molecule has 1 N–H and O–H groups in total. The fourth-order valence-corrected chi connectivity index (χ4v) is 2.14. The third-order valence-electron chi connectivity index (χ3n) is 2.30. The van der Waals surface area contributed by atoms with E-state index in [2.05, 4.69) is 10.2 Å². The first kappa shape index (κ1) is 10.0. The lowest BCUT2D eigenvalue weighted by molar-refractivity contribution is -0.133. The van der Waals surface area contributed by atoms with Crippen LogP contribution in [0.15, 0.2) is 0 Å². The van der Waals surface area contributed by atoms with Gasteiger partial charge in [-0.2, -0.15) is 0 Å². The number of carbonyl (C=O) groups is 2. The van der Waals surface area contributed by atoms with Crippen molar-refractivity contribution in [2.45, 2.75) is 12.8 Å². The van der Waals surface area contributed by atoms with Crippen LogP contribution in [0.1, 0.15) is 27.7 Å². The lowest BCUT2D eigenvalue weighted by atomic mass is 10.0. The van der Waals surface area contributed by atoms with Gasteiger partial charge in [0.2, 0.25) is 10.9 Å². The number of amides is 1. The van der Waals surface area contributed by atoms with Gasteiger partial charge < -0.3 is 10.0 Å². The van der Waals surface area contributed by atoms with Crippen LogP contribution in [0.3, 0.4) is 0 Å². The summed E-state index contributed by atoms with van der Waals surface area (Å²) in [4.78, 5) is 23.2. The Hall–Kier alpha value is -1.50. The highest BCUT2D eigenvalue weighted by Gasteiger charge is 2.32. The summed E-state index contributed by atoms with van der Waals surface area (Å²) in [7, 11) is 0. The van der Waals surface area contributed by atoms with Crippen LogP contribution in [0.5, 0.6) is 0 Å². The number of hydrogen-bond acceptors (Lipinski definition) is 5. The van der Waals surface area contributed by atoms with Crippen LogP contribution in [0, 0.1) is 0 Å². The van der Waals surface area contributed by atoms with Crippen molar-refractivity contribution in [3.8, 4) is 0 Å². The predicted molar refractivity (Wildman–Crippen MR) is 51.9 cm³/mol. The van der Waals surface area contributed by atoms with Gasteiger partial charge in [-0.3, -0.25) is 4.79 Å². The van der Waals surface area contributed by atoms with E-state index in [4.69, 9.17) is 5.11 Å². The van der Waals surface area contributed by atoms with Crippen LogP contribution >= 0.6 is 11.3 Å². The third kappa shape index (κ3) is 1.82. The summed E-state index contributed by atoms with van der Waals surface area (Å²) in [6.45, 7) is 2.74. The van der Waals surface area contributed by atoms with Gasteiger partial charge in [0.05, 0.1) is 0 Å². The molecule has 1 aliphatic rings. The molecule has 2 rings (SSSR count). The summed E-state index contributed by atoms with van der Waals surface area (Å²) in [5.74, 6) is -0.866. The zero-order valence-corrected chi connectivity index (χ0v) is 8.82. The van der Waals surface area contributed by atoms with E-state index in [1.165, 1.54) is 6.92 Å². The van der Waals surface area contributed by atoms with Crippen molar-refractivity contribution in [1.82, 2.24) is 15.1 Å². The van der Waals surface area contributed by atoms with Crippen molar-refractivity contribution in [2.75, 3.05) is 13.1 Å². The highest BCUT2D eigenvalue weighted by Crippen LogP contribution is 2.28. The van der Waals surface area contributed by atoms with E-state index < -0.39 is 5.97 Å². The Morgan fingerprint density at radius 1 is 1.47 bits per heavy atom. The molecule has 1 amide bonds. The van der Waals surface area contributed by atoms with Gasteiger partial charge in [0, 0.05) is 25.9 Å². The van der Waals surface area contributed by atoms with E-state index >= 15 is 0 Å². The van der Waals surface area contributed by atoms with Crippen molar-refractivity contribution in [3.05, 3.63) is 10.0 Å². The Morgan fingerprint density at radius 3 is 2.60 bits per heavy atom. The smallest absolute Gasteiger partial charge is 0.367 e. The van der Waals surface area contributed by atoms with Crippen molar-refractivity contribution >= 4 is 23.2 Å². The maximum absolute atomic E-state index is 10.9. The molecule has 15 heavy (non-hydrogen) atoms. The topological polar surface area (TPSA) is 83.4 Å². The molecule has 1 aromatic heterocycles. The molecule has 6 nitrogen and oxygen atoms in total. The van der Waals surface area contributed by atoms with Crippen LogP contribution in [0.2, 0.25) is 0 Å². The quantitative estimate of drug-likeness (QED) is 0.779. The summed E-state index contributed by atoms with van der Waals surface area (Å²) >= 11 is 1.08. The predicted octanol–water partition coefficient (Wildman–Crippen LogP) is 0.182. The van der Waals surface area contributed by atoms with Gasteiger partial charge in [0.1, 0.15) is 5.01 Å². The SMILES string of the molecule is CC(=O)N1CC(c2nnc(C(=O)O)s2)C1. The second-order valence-electron chi connectivity index (χ2n) is 3.37. The first-order chi connectivity index (χ1) is 7.08. The Balaban J connectivity index is 2.01.